The first-order chi connectivity index (χ1) is 10.6. The molecule has 0 saturated carbocycles. The van der Waals surface area contributed by atoms with Gasteiger partial charge in [0.15, 0.2) is 0 Å². The highest BCUT2D eigenvalue weighted by Crippen LogP contribution is 2.24. The van der Waals surface area contributed by atoms with Crippen molar-refractivity contribution in [2.75, 3.05) is 5.32 Å². The van der Waals surface area contributed by atoms with E-state index < -0.39 is 0 Å². The Balaban J connectivity index is 1.89. The SMILES string of the molecule is Cc1cc(NC(=O)/C=C/c2cccs2)c2cc(F)ccc2n1. The number of nitrogens with zero attached hydrogens (tertiary/aromatic N) is 1. The number of rotatable bonds is 3. The first-order valence-corrected chi connectivity index (χ1v) is 7.59. The molecule has 22 heavy (non-hydrogen) atoms. The summed E-state index contributed by atoms with van der Waals surface area (Å²) in [5.74, 6) is -0.618. The molecule has 0 atom stereocenters. The molecule has 0 unspecified atom stereocenters. The predicted octanol–water partition coefficient (Wildman–Crippen LogP) is 4.40. The molecule has 2 heterocycles. The Bertz CT molecular complexity index is 856. The first kappa shape index (κ1) is 14.4. The van der Waals surface area contributed by atoms with Crippen molar-refractivity contribution in [2.24, 2.45) is 0 Å². The van der Waals surface area contributed by atoms with Crippen LogP contribution in [0.25, 0.3) is 17.0 Å². The van der Waals surface area contributed by atoms with Crippen LogP contribution in [0.2, 0.25) is 0 Å². The number of hydrogen-bond acceptors (Lipinski definition) is 3. The molecule has 2 aromatic heterocycles. The molecule has 0 spiro atoms. The van der Waals surface area contributed by atoms with Gasteiger partial charge in [-0.2, -0.15) is 0 Å². The summed E-state index contributed by atoms with van der Waals surface area (Å²) in [6.07, 6.45) is 3.21. The van der Waals surface area contributed by atoms with Gasteiger partial charge in [-0.3, -0.25) is 9.78 Å². The number of carbonyl (C=O) groups excluding carboxylic acids is 1. The zero-order valence-electron chi connectivity index (χ0n) is 11.8. The maximum Gasteiger partial charge on any atom is 0.248 e. The largest absolute Gasteiger partial charge is 0.322 e. The van der Waals surface area contributed by atoms with Gasteiger partial charge in [0, 0.05) is 22.0 Å². The third-order valence-corrected chi connectivity index (χ3v) is 3.94. The maximum atomic E-state index is 13.4. The second-order valence-electron chi connectivity index (χ2n) is 4.81. The van der Waals surface area contributed by atoms with E-state index in [0.717, 1.165) is 10.6 Å². The predicted molar refractivity (Wildman–Crippen MR) is 88.4 cm³/mol. The second kappa shape index (κ2) is 6.07. The van der Waals surface area contributed by atoms with Gasteiger partial charge >= 0.3 is 0 Å². The zero-order chi connectivity index (χ0) is 15.5. The number of benzene rings is 1. The number of hydrogen-bond donors (Lipinski definition) is 1. The Morgan fingerprint density at radius 2 is 2.18 bits per heavy atom. The van der Waals surface area contributed by atoms with Gasteiger partial charge in [-0.05, 0) is 48.7 Å². The summed E-state index contributed by atoms with van der Waals surface area (Å²) in [4.78, 5) is 17.4. The van der Waals surface area contributed by atoms with E-state index in [1.54, 1.807) is 29.5 Å². The van der Waals surface area contributed by atoms with Crippen LogP contribution in [0.1, 0.15) is 10.6 Å². The van der Waals surface area contributed by atoms with Crippen molar-refractivity contribution in [3.05, 3.63) is 64.2 Å². The summed E-state index contributed by atoms with van der Waals surface area (Å²) in [5.41, 5.74) is 1.97. The molecule has 110 valence electrons. The van der Waals surface area contributed by atoms with Crippen molar-refractivity contribution in [1.29, 1.82) is 0 Å². The van der Waals surface area contributed by atoms with Crippen LogP contribution in [-0.4, -0.2) is 10.9 Å². The fourth-order valence-electron chi connectivity index (χ4n) is 2.15. The fourth-order valence-corrected chi connectivity index (χ4v) is 2.77. The average Bonchev–Trinajstić information content (AvgIpc) is 2.99. The van der Waals surface area contributed by atoms with Crippen molar-refractivity contribution < 1.29 is 9.18 Å². The van der Waals surface area contributed by atoms with Gasteiger partial charge in [0.05, 0.1) is 11.2 Å². The molecular formula is C17H13FN2OS. The third kappa shape index (κ3) is 3.20. The van der Waals surface area contributed by atoms with Crippen LogP contribution in [0.4, 0.5) is 10.1 Å². The number of aryl methyl sites for hydroxylation is 1. The van der Waals surface area contributed by atoms with Gasteiger partial charge in [-0.25, -0.2) is 4.39 Å². The highest BCUT2D eigenvalue weighted by Gasteiger charge is 2.07. The molecule has 1 aromatic carbocycles. The minimum atomic E-state index is -0.359. The first-order valence-electron chi connectivity index (χ1n) is 6.71. The fraction of sp³-hybridized carbons (Fsp3) is 0.0588. The minimum absolute atomic E-state index is 0.260. The van der Waals surface area contributed by atoms with Crippen LogP contribution in [0.3, 0.4) is 0 Å². The van der Waals surface area contributed by atoms with Crippen molar-refractivity contribution in [3.63, 3.8) is 0 Å². The van der Waals surface area contributed by atoms with Crippen LogP contribution >= 0.6 is 11.3 Å². The molecule has 1 N–H and O–H groups in total. The Morgan fingerprint density at radius 1 is 1.32 bits per heavy atom. The molecular weight excluding hydrogens is 299 g/mol. The van der Waals surface area contributed by atoms with Gasteiger partial charge in [0.25, 0.3) is 0 Å². The summed E-state index contributed by atoms with van der Waals surface area (Å²) in [6, 6.07) is 9.92. The number of aromatic nitrogens is 1. The van der Waals surface area contributed by atoms with E-state index in [4.69, 9.17) is 0 Å². The lowest BCUT2D eigenvalue weighted by atomic mass is 10.1. The summed E-state index contributed by atoms with van der Waals surface area (Å²) in [5, 5.41) is 5.32. The van der Waals surface area contributed by atoms with Gasteiger partial charge in [-0.1, -0.05) is 6.07 Å². The standard InChI is InChI=1S/C17H13FN2OS/c1-11-9-16(14-10-12(18)4-6-15(14)19-11)20-17(21)7-5-13-3-2-8-22-13/h2-10H,1H3,(H,19,20,21)/b7-5+. The molecule has 3 aromatic rings. The van der Waals surface area contributed by atoms with E-state index >= 15 is 0 Å². The normalized spacial score (nSPS) is 11.2. The van der Waals surface area contributed by atoms with Crippen LogP contribution in [0.15, 0.2) is 47.9 Å². The lowest BCUT2D eigenvalue weighted by Crippen LogP contribution is -2.08. The summed E-state index contributed by atoms with van der Waals surface area (Å²) >= 11 is 1.55. The highest BCUT2D eigenvalue weighted by molar-refractivity contribution is 7.10. The van der Waals surface area contributed by atoms with E-state index in [2.05, 4.69) is 10.3 Å². The number of carbonyl (C=O) groups is 1. The quantitative estimate of drug-likeness (QED) is 0.729. The Labute approximate surface area is 131 Å². The Hall–Kier alpha value is -2.53. The van der Waals surface area contributed by atoms with E-state index in [1.807, 2.05) is 24.4 Å². The van der Waals surface area contributed by atoms with Crippen LogP contribution in [0.5, 0.6) is 0 Å². The molecule has 3 rings (SSSR count). The van der Waals surface area contributed by atoms with E-state index in [1.165, 1.54) is 18.2 Å². The van der Waals surface area contributed by atoms with Crippen molar-refractivity contribution >= 4 is 39.9 Å². The van der Waals surface area contributed by atoms with Crippen molar-refractivity contribution in [2.45, 2.75) is 6.92 Å². The van der Waals surface area contributed by atoms with Crippen LogP contribution in [-0.2, 0) is 4.79 Å². The minimum Gasteiger partial charge on any atom is -0.322 e. The third-order valence-electron chi connectivity index (χ3n) is 3.10. The summed E-state index contributed by atoms with van der Waals surface area (Å²) < 4.78 is 13.4. The molecule has 0 aliphatic heterocycles. The summed E-state index contributed by atoms with van der Waals surface area (Å²) in [6.45, 7) is 1.83. The molecule has 0 radical (unpaired) electrons. The Kier molecular flexibility index (Phi) is 3.98. The van der Waals surface area contributed by atoms with E-state index in [0.29, 0.717) is 16.6 Å². The zero-order valence-corrected chi connectivity index (χ0v) is 12.7. The van der Waals surface area contributed by atoms with E-state index in [9.17, 15) is 9.18 Å². The molecule has 0 saturated heterocycles. The maximum absolute atomic E-state index is 13.4. The number of thiophene rings is 1. The van der Waals surface area contributed by atoms with E-state index in [-0.39, 0.29) is 11.7 Å². The van der Waals surface area contributed by atoms with Crippen LogP contribution in [0, 0.1) is 12.7 Å². The molecule has 0 aliphatic rings. The molecule has 3 nitrogen and oxygen atoms in total. The smallest absolute Gasteiger partial charge is 0.248 e. The monoisotopic (exact) mass is 312 g/mol. The molecule has 0 aliphatic carbocycles. The van der Waals surface area contributed by atoms with Crippen molar-refractivity contribution in [1.82, 2.24) is 4.98 Å². The topological polar surface area (TPSA) is 42.0 Å². The molecule has 5 heteroatoms. The molecule has 1 amide bonds. The Morgan fingerprint density at radius 3 is 2.95 bits per heavy atom. The van der Waals surface area contributed by atoms with Gasteiger partial charge < -0.3 is 5.32 Å². The van der Waals surface area contributed by atoms with Crippen molar-refractivity contribution in [3.8, 4) is 0 Å². The van der Waals surface area contributed by atoms with Gasteiger partial charge in [-0.15, -0.1) is 11.3 Å². The number of halogens is 1. The van der Waals surface area contributed by atoms with Gasteiger partial charge in [0.1, 0.15) is 5.82 Å². The number of anilines is 1. The number of pyridine rings is 1. The van der Waals surface area contributed by atoms with Crippen LogP contribution < -0.4 is 5.32 Å². The number of nitrogens with one attached hydrogen (secondary N) is 1. The number of fused-ring (bicyclic) bond motifs is 1. The average molecular weight is 312 g/mol. The lowest BCUT2D eigenvalue weighted by molar-refractivity contribution is -0.111. The van der Waals surface area contributed by atoms with Gasteiger partial charge in [0.2, 0.25) is 5.91 Å². The highest BCUT2D eigenvalue weighted by atomic mass is 32.1. The lowest BCUT2D eigenvalue weighted by Gasteiger charge is -2.08. The summed E-state index contributed by atoms with van der Waals surface area (Å²) in [7, 11) is 0. The number of amides is 1. The second-order valence-corrected chi connectivity index (χ2v) is 5.79. The molecule has 0 bridgehead atoms. The molecule has 0 fully saturated rings.